The van der Waals surface area contributed by atoms with Gasteiger partial charge in [-0.25, -0.2) is 4.79 Å². The van der Waals surface area contributed by atoms with Crippen LogP contribution in [0, 0.1) is 11.8 Å². The molecule has 0 N–H and O–H groups in total. The van der Waals surface area contributed by atoms with Crippen molar-refractivity contribution in [3.8, 4) is 11.5 Å². The maximum absolute atomic E-state index is 12.5. The smallest absolute Gasteiger partial charge is 0.343 e. The SMILES string of the molecule is CCCCCCc1ccc(OC(=O)c2ccc(OCCC[C@H]3CC[C@H](CCC)CC3)cc2)cc1. The van der Waals surface area contributed by atoms with Gasteiger partial charge in [-0.3, -0.25) is 0 Å². The molecule has 0 amide bonds. The molecule has 1 aliphatic rings. The molecule has 2 aromatic rings. The summed E-state index contributed by atoms with van der Waals surface area (Å²) in [5, 5.41) is 0. The highest BCUT2D eigenvalue weighted by molar-refractivity contribution is 5.91. The van der Waals surface area contributed by atoms with E-state index in [-0.39, 0.29) is 5.97 Å². The standard InChI is InChI=1S/C31H44O3/c1-3-5-6-7-10-26-16-20-30(21-17-26)34-31(32)28-18-22-29(23-19-28)33-24-8-11-27-14-12-25(9-4-2)13-15-27/h16-23,25,27H,3-15,24H2,1-2H3/t25-,27-. The highest BCUT2D eigenvalue weighted by Crippen LogP contribution is 2.33. The Bertz CT molecular complexity index is 817. The molecule has 0 aliphatic heterocycles. The Labute approximate surface area is 207 Å². The Morgan fingerprint density at radius 1 is 0.735 bits per heavy atom. The van der Waals surface area contributed by atoms with Gasteiger partial charge in [0.25, 0.3) is 0 Å². The minimum atomic E-state index is -0.332. The topological polar surface area (TPSA) is 35.5 Å². The lowest BCUT2D eigenvalue weighted by atomic mass is 9.78. The number of rotatable bonds is 14. The fourth-order valence-electron chi connectivity index (χ4n) is 5.11. The van der Waals surface area contributed by atoms with Crippen LogP contribution in [0.5, 0.6) is 11.5 Å². The molecule has 0 saturated heterocycles. The summed E-state index contributed by atoms with van der Waals surface area (Å²) in [6.07, 6.45) is 16.8. The van der Waals surface area contributed by atoms with Gasteiger partial charge in [-0.15, -0.1) is 0 Å². The van der Waals surface area contributed by atoms with Crippen molar-refractivity contribution in [2.24, 2.45) is 11.8 Å². The van der Waals surface area contributed by atoms with Gasteiger partial charge in [0.1, 0.15) is 11.5 Å². The number of ether oxygens (including phenoxy) is 2. The molecule has 1 saturated carbocycles. The summed E-state index contributed by atoms with van der Waals surface area (Å²) in [5.41, 5.74) is 1.83. The van der Waals surface area contributed by atoms with Gasteiger partial charge < -0.3 is 9.47 Å². The van der Waals surface area contributed by atoms with Crippen LogP contribution in [-0.2, 0) is 6.42 Å². The highest BCUT2D eigenvalue weighted by atomic mass is 16.5. The van der Waals surface area contributed by atoms with E-state index < -0.39 is 0 Å². The van der Waals surface area contributed by atoms with Crippen molar-refractivity contribution < 1.29 is 14.3 Å². The number of benzene rings is 2. The number of carbonyl (C=O) groups is 1. The number of aryl methyl sites for hydroxylation is 1. The van der Waals surface area contributed by atoms with Gasteiger partial charge in [-0.05, 0) is 79.5 Å². The molecule has 0 radical (unpaired) electrons. The van der Waals surface area contributed by atoms with Gasteiger partial charge in [0, 0.05) is 0 Å². The Kier molecular flexibility index (Phi) is 11.5. The fraction of sp³-hybridized carbons (Fsp3) is 0.581. The average molecular weight is 465 g/mol. The van der Waals surface area contributed by atoms with E-state index in [9.17, 15) is 4.79 Å². The molecule has 2 aromatic carbocycles. The second kappa shape index (κ2) is 14.9. The van der Waals surface area contributed by atoms with E-state index in [2.05, 4.69) is 26.0 Å². The Hall–Kier alpha value is -2.29. The van der Waals surface area contributed by atoms with Gasteiger partial charge in [-0.2, -0.15) is 0 Å². The van der Waals surface area contributed by atoms with Gasteiger partial charge in [0.2, 0.25) is 0 Å². The first kappa shape index (κ1) is 26.3. The van der Waals surface area contributed by atoms with Crippen molar-refractivity contribution in [2.75, 3.05) is 6.61 Å². The van der Waals surface area contributed by atoms with Gasteiger partial charge in [0.15, 0.2) is 0 Å². The van der Waals surface area contributed by atoms with E-state index in [1.54, 1.807) is 12.1 Å². The minimum Gasteiger partial charge on any atom is -0.494 e. The Balaban J connectivity index is 1.34. The second-order valence-corrected chi connectivity index (χ2v) is 10.0. The molecule has 3 heteroatoms. The summed E-state index contributed by atoms with van der Waals surface area (Å²) in [5.74, 6) is 2.93. The molecule has 34 heavy (non-hydrogen) atoms. The van der Waals surface area contributed by atoms with Crippen LogP contribution in [0.3, 0.4) is 0 Å². The number of hydrogen-bond donors (Lipinski definition) is 0. The largest absolute Gasteiger partial charge is 0.494 e. The lowest BCUT2D eigenvalue weighted by Crippen LogP contribution is -2.15. The zero-order valence-electron chi connectivity index (χ0n) is 21.4. The van der Waals surface area contributed by atoms with E-state index in [1.165, 1.54) is 76.2 Å². The molecule has 1 fully saturated rings. The van der Waals surface area contributed by atoms with Crippen LogP contribution in [0.25, 0.3) is 0 Å². The van der Waals surface area contributed by atoms with Crippen LogP contribution in [0.1, 0.15) is 107 Å². The predicted octanol–water partition coefficient (Wildman–Crippen LogP) is 8.79. The molecule has 1 aliphatic carbocycles. The summed E-state index contributed by atoms with van der Waals surface area (Å²) >= 11 is 0. The fourth-order valence-corrected chi connectivity index (χ4v) is 5.11. The summed E-state index contributed by atoms with van der Waals surface area (Å²) in [6, 6.07) is 15.2. The van der Waals surface area contributed by atoms with Crippen LogP contribution in [-0.4, -0.2) is 12.6 Å². The first-order chi connectivity index (χ1) is 16.7. The number of carbonyl (C=O) groups excluding carboxylic acids is 1. The van der Waals surface area contributed by atoms with Crippen LogP contribution in [0.2, 0.25) is 0 Å². The zero-order chi connectivity index (χ0) is 24.0. The Morgan fingerprint density at radius 3 is 2.03 bits per heavy atom. The molecule has 3 rings (SSSR count). The predicted molar refractivity (Wildman–Crippen MR) is 141 cm³/mol. The maximum Gasteiger partial charge on any atom is 0.343 e. The third-order valence-electron chi connectivity index (χ3n) is 7.23. The quantitative estimate of drug-likeness (QED) is 0.159. The summed E-state index contributed by atoms with van der Waals surface area (Å²) in [6.45, 7) is 5.27. The lowest BCUT2D eigenvalue weighted by Gasteiger charge is -2.28. The zero-order valence-corrected chi connectivity index (χ0v) is 21.4. The van der Waals surface area contributed by atoms with Crippen molar-refractivity contribution in [3.05, 3.63) is 59.7 Å². The van der Waals surface area contributed by atoms with Crippen molar-refractivity contribution in [1.29, 1.82) is 0 Å². The second-order valence-electron chi connectivity index (χ2n) is 10.0. The number of esters is 1. The molecule has 0 atom stereocenters. The van der Waals surface area contributed by atoms with E-state index in [4.69, 9.17) is 9.47 Å². The van der Waals surface area contributed by atoms with E-state index in [0.29, 0.717) is 11.3 Å². The normalized spacial score (nSPS) is 17.9. The van der Waals surface area contributed by atoms with E-state index >= 15 is 0 Å². The third-order valence-corrected chi connectivity index (χ3v) is 7.23. The first-order valence-electron chi connectivity index (χ1n) is 13.7. The molecule has 3 nitrogen and oxygen atoms in total. The molecule has 0 aromatic heterocycles. The summed E-state index contributed by atoms with van der Waals surface area (Å²) < 4.78 is 11.5. The van der Waals surface area contributed by atoms with Crippen LogP contribution >= 0.6 is 0 Å². The van der Waals surface area contributed by atoms with E-state index in [0.717, 1.165) is 37.0 Å². The molecule has 0 spiro atoms. The highest BCUT2D eigenvalue weighted by Gasteiger charge is 2.20. The van der Waals surface area contributed by atoms with Gasteiger partial charge in [-0.1, -0.05) is 83.8 Å². The van der Waals surface area contributed by atoms with Crippen LogP contribution in [0.4, 0.5) is 0 Å². The average Bonchev–Trinajstić information content (AvgIpc) is 2.87. The molecule has 186 valence electrons. The third kappa shape index (κ3) is 9.16. The van der Waals surface area contributed by atoms with Crippen LogP contribution < -0.4 is 9.47 Å². The van der Waals surface area contributed by atoms with Gasteiger partial charge in [0.05, 0.1) is 12.2 Å². The Morgan fingerprint density at radius 2 is 1.38 bits per heavy atom. The maximum atomic E-state index is 12.5. The number of unbranched alkanes of at least 4 members (excludes halogenated alkanes) is 3. The molecular weight excluding hydrogens is 420 g/mol. The van der Waals surface area contributed by atoms with Crippen molar-refractivity contribution in [1.82, 2.24) is 0 Å². The summed E-state index contributed by atoms with van der Waals surface area (Å²) in [7, 11) is 0. The molecular formula is C31H44O3. The van der Waals surface area contributed by atoms with Crippen molar-refractivity contribution in [2.45, 2.75) is 97.3 Å². The van der Waals surface area contributed by atoms with Gasteiger partial charge >= 0.3 is 5.97 Å². The van der Waals surface area contributed by atoms with E-state index in [1.807, 2.05) is 24.3 Å². The molecule has 0 bridgehead atoms. The monoisotopic (exact) mass is 464 g/mol. The van der Waals surface area contributed by atoms with Crippen molar-refractivity contribution >= 4 is 5.97 Å². The molecule has 0 heterocycles. The van der Waals surface area contributed by atoms with Crippen LogP contribution in [0.15, 0.2) is 48.5 Å². The summed E-state index contributed by atoms with van der Waals surface area (Å²) in [4.78, 5) is 12.5. The van der Waals surface area contributed by atoms with Crippen molar-refractivity contribution in [3.63, 3.8) is 0 Å². The number of hydrogen-bond acceptors (Lipinski definition) is 3. The minimum absolute atomic E-state index is 0.332. The first-order valence-corrected chi connectivity index (χ1v) is 13.7. The lowest BCUT2D eigenvalue weighted by molar-refractivity contribution is 0.0734. The molecule has 0 unspecified atom stereocenters.